The minimum atomic E-state index is -0.703. The van der Waals surface area contributed by atoms with Crippen LogP contribution in [0.3, 0.4) is 0 Å². The van der Waals surface area contributed by atoms with Crippen molar-refractivity contribution >= 4 is 17.5 Å². The predicted octanol–water partition coefficient (Wildman–Crippen LogP) is 0.163. The largest absolute Gasteiger partial charge is 0.495 e. The van der Waals surface area contributed by atoms with Crippen LogP contribution in [0.5, 0.6) is 5.75 Å². The first-order valence-electron chi connectivity index (χ1n) is 8.05. The van der Waals surface area contributed by atoms with Crippen LogP contribution in [-0.2, 0) is 16.0 Å². The topological polar surface area (TPSA) is 105 Å². The van der Waals surface area contributed by atoms with Crippen LogP contribution in [0.25, 0.3) is 0 Å². The lowest BCUT2D eigenvalue weighted by atomic mass is 10.1. The summed E-state index contributed by atoms with van der Waals surface area (Å²) in [6.07, 6.45) is 3.54. The zero-order valence-corrected chi connectivity index (χ0v) is 14.0. The highest BCUT2D eigenvalue weighted by Gasteiger charge is 2.31. The molecule has 2 heterocycles. The summed E-state index contributed by atoms with van der Waals surface area (Å²) < 4.78 is 5.31. The Bertz CT molecular complexity index is 747. The van der Waals surface area contributed by atoms with Gasteiger partial charge in [0.1, 0.15) is 12.3 Å². The summed E-state index contributed by atoms with van der Waals surface area (Å²) in [5.41, 5.74) is 7.50. The van der Waals surface area contributed by atoms with Gasteiger partial charge in [-0.15, -0.1) is 0 Å². The maximum atomic E-state index is 12.5. The van der Waals surface area contributed by atoms with E-state index in [1.54, 1.807) is 30.6 Å². The summed E-state index contributed by atoms with van der Waals surface area (Å²) in [6.45, 7) is 0.842. The molecule has 1 aliphatic rings. The van der Waals surface area contributed by atoms with Crippen molar-refractivity contribution in [2.45, 2.75) is 12.5 Å². The number of hydrogen-bond acceptors (Lipinski definition) is 5. The summed E-state index contributed by atoms with van der Waals surface area (Å²) in [5, 5.41) is 0. The van der Waals surface area contributed by atoms with E-state index in [1.807, 2.05) is 18.2 Å². The van der Waals surface area contributed by atoms with Crippen LogP contribution in [-0.4, -0.2) is 59.5 Å². The van der Waals surface area contributed by atoms with Gasteiger partial charge in [0, 0.05) is 31.4 Å². The average Bonchev–Trinajstić information content (AvgIpc) is 3.14. The van der Waals surface area contributed by atoms with Crippen LogP contribution in [0, 0.1) is 0 Å². The highest BCUT2D eigenvalue weighted by atomic mass is 16.5. The Hall–Kier alpha value is -2.87. The molecule has 8 nitrogen and oxygen atoms in total. The Morgan fingerprint density at radius 3 is 2.88 bits per heavy atom. The minimum Gasteiger partial charge on any atom is -0.495 e. The van der Waals surface area contributed by atoms with Gasteiger partial charge in [-0.2, -0.15) is 0 Å². The number of nitrogens with two attached hydrogens (primary N) is 1. The number of amides is 2. The van der Waals surface area contributed by atoms with E-state index in [2.05, 4.69) is 9.97 Å². The molecule has 0 aliphatic carbocycles. The first kappa shape index (κ1) is 17.0. The molecule has 2 aromatic rings. The number of nitrogens with one attached hydrogen (secondary N) is 1. The average molecular weight is 343 g/mol. The smallest absolute Gasteiger partial charge is 0.246 e. The van der Waals surface area contributed by atoms with Crippen LogP contribution in [0.15, 0.2) is 36.8 Å². The lowest BCUT2D eigenvalue weighted by molar-refractivity contribution is -0.137. The lowest BCUT2D eigenvalue weighted by Gasteiger charge is -2.35. The first-order valence-corrected chi connectivity index (χ1v) is 8.05. The van der Waals surface area contributed by atoms with Gasteiger partial charge in [0.15, 0.2) is 0 Å². The standard InChI is InChI=1S/C17H21N5O3/c1-25-15-5-3-2-4-14(15)22-7-6-21(10-16(22)23)17(24)13(18)8-12-9-19-11-20-12/h2-5,9,11,13H,6-8,10,18H2,1H3,(H,19,20)/t13-/m0/s1. The fraction of sp³-hybridized carbons (Fsp3) is 0.353. The summed E-state index contributed by atoms with van der Waals surface area (Å²) in [5.74, 6) is 0.243. The number of anilines is 1. The van der Waals surface area contributed by atoms with Gasteiger partial charge in [0.25, 0.3) is 0 Å². The third-order valence-electron chi connectivity index (χ3n) is 4.22. The second kappa shape index (κ2) is 7.35. The number of rotatable bonds is 5. The van der Waals surface area contributed by atoms with Crippen LogP contribution in [0.1, 0.15) is 5.69 Å². The Balaban J connectivity index is 1.65. The van der Waals surface area contributed by atoms with Crippen molar-refractivity contribution < 1.29 is 14.3 Å². The number of ether oxygens (including phenoxy) is 1. The van der Waals surface area contributed by atoms with Gasteiger partial charge < -0.3 is 25.3 Å². The number of methoxy groups -OCH3 is 1. The Kier molecular flexibility index (Phi) is 4.99. The number of nitrogens with zero attached hydrogens (tertiary/aromatic N) is 3. The van der Waals surface area contributed by atoms with E-state index in [4.69, 9.17) is 10.5 Å². The number of aromatic amines is 1. The fourth-order valence-electron chi connectivity index (χ4n) is 2.92. The molecule has 0 saturated carbocycles. The van der Waals surface area contributed by atoms with Crippen molar-refractivity contribution in [1.29, 1.82) is 0 Å². The van der Waals surface area contributed by atoms with E-state index in [0.717, 1.165) is 5.69 Å². The van der Waals surface area contributed by atoms with Crippen molar-refractivity contribution in [3.63, 3.8) is 0 Å². The lowest BCUT2D eigenvalue weighted by Crippen LogP contribution is -2.56. The highest BCUT2D eigenvalue weighted by molar-refractivity contribution is 5.99. The molecule has 0 spiro atoms. The van der Waals surface area contributed by atoms with Crippen molar-refractivity contribution in [3.8, 4) is 5.75 Å². The second-order valence-corrected chi connectivity index (χ2v) is 5.86. The molecule has 0 unspecified atom stereocenters. The van der Waals surface area contributed by atoms with E-state index in [-0.39, 0.29) is 18.4 Å². The fourth-order valence-corrected chi connectivity index (χ4v) is 2.92. The number of carbonyl (C=O) groups excluding carboxylic acids is 2. The van der Waals surface area contributed by atoms with Gasteiger partial charge >= 0.3 is 0 Å². The third-order valence-corrected chi connectivity index (χ3v) is 4.22. The molecule has 1 atom stereocenters. The number of aromatic nitrogens is 2. The van der Waals surface area contributed by atoms with E-state index in [0.29, 0.717) is 30.9 Å². The van der Waals surface area contributed by atoms with Gasteiger partial charge in [-0.1, -0.05) is 12.1 Å². The molecule has 0 bridgehead atoms. The Labute approximate surface area is 145 Å². The van der Waals surface area contributed by atoms with E-state index >= 15 is 0 Å². The molecule has 1 aromatic carbocycles. The molecule has 3 N–H and O–H groups in total. The highest BCUT2D eigenvalue weighted by Crippen LogP contribution is 2.28. The number of benzene rings is 1. The van der Waals surface area contributed by atoms with E-state index in [1.165, 1.54) is 4.90 Å². The molecule has 1 aliphatic heterocycles. The monoisotopic (exact) mass is 343 g/mol. The number of piperazine rings is 1. The molecule has 3 rings (SSSR count). The zero-order valence-electron chi connectivity index (χ0n) is 14.0. The van der Waals surface area contributed by atoms with Crippen LogP contribution < -0.4 is 15.4 Å². The van der Waals surface area contributed by atoms with Gasteiger partial charge in [-0.25, -0.2) is 4.98 Å². The molecular formula is C17H21N5O3. The number of H-pyrrole nitrogens is 1. The quantitative estimate of drug-likeness (QED) is 0.805. The molecule has 8 heteroatoms. The van der Waals surface area contributed by atoms with E-state index < -0.39 is 6.04 Å². The summed E-state index contributed by atoms with van der Waals surface area (Å²) in [4.78, 5) is 35.0. The van der Waals surface area contributed by atoms with Crippen molar-refractivity contribution in [1.82, 2.24) is 14.9 Å². The van der Waals surface area contributed by atoms with Crippen molar-refractivity contribution in [3.05, 3.63) is 42.5 Å². The molecule has 25 heavy (non-hydrogen) atoms. The maximum absolute atomic E-state index is 12.5. The Morgan fingerprint density at radius 2 is 2.20 bits per heavy atom. The Morgan fingerprint density at radius 1 is 1.40 bits per heavy atom. The van der Waals surface area contributed by atoms with E-state index in [9.17, 15) is 9.59 Å². The predicted molar refractivity (Wildman–Crippen MR) is 92.2 cm³/mol. The summed E-state index contributed by atoms with van der Waals surface area (Å²) >= 11 is 0. The maximum Gasteiger partial charge on any atom is 0.246 e. The van der Waals surface area contributed by atoms with Crippen LogP contribution in [0.2, 0.25) is 0 Å². The summed E-state index contributed by atoms with van der Waals surface area (Å²) in [7, 11) is 1.57. The molecule has 1 aromatic heterocycles. The van der Waals surface area contributed by atoms with Crippen LogP contribution in [0.4, 0.5) is 5.69 Å². The number of imidazole rings is 1. The van der Waals surface area contributed by atoms with Gasteiger partial charge in [0.2, 0.25) is 11.8 Å². The molecular weight excluding hydrogens is 322 g/mol. The third kappa shape index (κ3) is 3.63. The molecule has 1 saturated heterocycles. The number of carbonyl (C=O) groups is 2. The summed E-state index contributed by atoms with van der Waals surface area (Å²) in [6, 6.07) is 6.63. The second-order valence-electron chi connectivity index (χ2n) is 5.86. The van der Waals surface area contributed by atoms with Gasteiger partial charge in [0.05, 0.1) is 25.2 Å². The minimum absolute atomic E-state index is 0.00750. The SMILES string of the molecule is COc1ccccc1N1CCN(C(=O)[C@@H](N)Cc2cnc[nH]2)CC1=O. The molecule has 132 valence electrons. The van der Waals surface area contributed by atoms with Crippen molar-refractivity contribution in [2.24, 2.45) is 5.73 Å². The molecule has 1 fully saturated rings. The van der Waals surface area contributed by atoms with Crippen LogP contribution >= 0.6 is 0 Å². The number of para-hydroxylation sites is 2. The normalized spacial score (nSPS) is 16.0. The zero-order chi connectivity index (χ0) is 17.8. The molecule has 0 radical (unpaired) electrons. The first-order chi connectivity index (χ1) is 12.1. The molecule has 2 amide bonds. The van der Waals surface area contributed by atoms with Crippen molar-refractivity contribution in [2.75, 3.05) is 31.6 Å². The van der Waals surface area contributed by atoms with Gasteiger partial charge in [-0.3, -0.25) is 9.59 Å². The van der Waals surface area contributed by atoms with Gasteiger partial charge in [-0.05, 0) is 12.1 Å². The number of hydrogen-bond donors (Lipinski definition) is 2.